The molecular weight excluding hydrogens is 556 g/mol. The second-order valence-electron chi connectivity index (χ2n) is 11.4. The van der Waals surface area contributed by atoms with E-state index in [0.717, 1.165) is 43.7 Å². The molecule has 0 bridgehead atoms. The molecule has 3 aliphatic rings. The maximum absolute atomic E-state index is 14.3. The summed E-state index contributed by atoms with van der Waals surface area (Å²) >= 11 is 0. The minimum absolute atomic E-state index is 0.109. The number of amides is 3. The van der Waals surface area contributed by atoms with E-state index in [-0.39, 0.29) is 66.7 Å². The molecule has 3 N–H and O–H groups in total. The van der Waals surface area contributed by atoms with Crippen molar-refractivity contribution >= 4 is 23.4 Å². The quantitative estimate of drug-likeness (QED) is 0.488. The molecule has 0 atom stereocenters. The summed E-state index contributed by atoms with van der Waals surface area (Å²) in [6, 6.07) is 8.64. The largest absolute Gasteiger partial charge is 0.335 e. The Balaban J connectivity index is 0.000000767. The minimum Gasteiger partial charge on any atom is -0.335 e. The first-order valence-corrected chi connectivity index (χ1v) is 15.3. The van der Waals surface area contributed by atoms with Gasteiger partial charge < -0.3 is 25.8 Å². The number of nitrogens with zero attached hydrogens (tertiary/aromatic N) is 3. The molecule has 2 saturated heterocycles. The second kappa shape index (κ2) is 15.8. The molecule has 234 valence electrons. The molecule has 0 spiro atoms. The van der Waals surface area contributed by atoms with Crippen LogP contribution in [0.2, 0.25) is 0 Å². The smallest absolute Gasteiger partial charge is 0.254 e. The molecule has 0 unspecified atom stereocenters. The number of anilines is 1. The van der Waals surface area contributed by atoms with E-state index in [4.69, 9.17) is 5.73 Å². The molecule has 0 aromatic heterocycles. The van der Waals surface area contributed by atoms with Gasteiger partial charge in [0.2, 0.25) is 5.91 Å². The van der Waals surface area contributed by atoms with E-state index in [1.54, 1.807) is 21.9 Å². The zero-order valence-corrected chi connectivity index (χ0v) is 25.0. The van der Waals surface area contributed by atoms with Crippen LogP contribution in [0.15, 0.2) is 36.4 Å². The third-order valence-electron chi connectivity index (χ3n) is 8.45. The predicted octanol–water partition coefficient (Wildman–Crippen LogP) is 4.42. The van der Waals surface area contributed by atoms with Gasteiger partial charge in [0.15, 0.2) is 5.75 Å². The van der Waals surface area contributed by atoms with E-state index in [1.807, 2.05) is 0 Å². The standard InChI is InChI=1S/C28H34F2N4O4.C4H9N/c1-32(26(35)9-10-31)23-16-21(15-22(29)18-23)28(37)34-13-11-33(12-14-34)27(36)20-7-8-25(38-30)24(17-20)19-5-3-2-4-6-19;1-2-4-5-3-1/h7-8,15-19H,2-6,9-14,31H2,1H3;5H,1-4H2. The van der Waals surface area contributed by atoms with Crippen LogP contribution < -0.4 is 20.9 Å². The van der Waals surface area contributed by atoms with Gasteiger partial charge in [-0.15, -0.1) is 0 Å². The van der Waals surface area contributed by atoms with Crippen LogP contribution in [0.5, 0.6) is 5.75 Å². The molecule has 3 fully saturated rings. The van der Waals surface area contributed by atoms with Crippen molar-refractivity contribution in [2.45, 2.75) is 57.3 Å². The highest BCUT2D eigenvalue weighted by Crippen LogP contribution is 2.38. The number of benzene rings is 2. The Morgan fingerprint density at radius 2 is 1.53 bits per heavy atom. The SMILES string of the molecule is C1CCNC1.CN(C(=O)CCN)c1cc(F)cc(C(=O)N2CCN(C(=O)c3ccc(OF)c(C4CCCCC4)c3)CC2)c1. The van der Waals surface area contributed by atoms with Gasteiger partial charge in [-0.3, -0.25) is 19.3 Å². The minimum atomic E-state index is -0.624. The van der Waals surface area contributed by atoms with E-state index in [1.165, 1.54) is 56.1 Å². The summed E-state index contributed by atoms with van der Waals surface area (Å²) in [6.07, 6.45) is 8.05. The molecule has 5 rings (SSSR count). The van der Waals surface area contributed by atoms with Crippen molar-refractivity contribution < 1.29 is 28.2 Å². The van der Waals surface area contributed by atoms with Gasteiger partial charge in [-0.1, -0.05) is 19.3 Å². The monoisotopic (exact) mass is 599 g/mol. The molecule has 11 heteroatoms. The molecule has 2 heterocycles. The van der Waals surface area contributed by atoms with Crippen LogP contribution in [0.3, 0.4) is 0 Å². The highest BCUT2D eigenvalue weighted by atomic mass is 19.3. The van der Waals surface area contributed by atoms with E-state index in [0.29, 0.717) is 18.7 Å². The Labute approximate surface area is 252 Å². The summed E-state index contributed by atoms with van der Waals surface area (Å²) in [7, 11) is 1.51. The van der Waals surface area contributed by atoms with E-state index in [9.17, 15) is 23.3 Å². The van der Waals surface area contributed by atoms with Crippen LogP contribution in [-0.2, 0) is 4.79 Å². The van der Waals surface area contributed by atoms with Crippen LogP contribution in [-0.4, -0.2) is 80.4 Å². The van der Waals surface area contributed by atoms with Crippen molar-refractivity contribution in [3.8, 4) is 5.75 Å². The van der Waals surface area contributed by atoms with Crippen LogP contribution in [0, 0.1) is 5.82 Å². The van der Waals surface area contributed by atoms with E-state index in [2.05, 4.69) is 10.3 Å². The van der Waals surface area contributed by atoms with Gasteiger partial charge in [0, 0.05) is 73.1 Å². The third kappa shape index (κ3) is 8.51. The average Bonchev–Trinajstić information content (AvgIpc) is 3.64. The third-order valence-corrected chi connectivity index (χ3v) is 8.45. The van der Waals surface area contributed by atoms with Gasteiger partial charge >= 0.3 is 0 Å². The number of halogens is 2. The van der Waals surface area contributed by atoms with Crippen molar-refractivity contribution in [2.75, 3.05) is 57.8 Å². The van der Waals surface area contributed by atoms with Gasteiger partial charge in [-0.2, -0.15) is 0 Å². The Morgan fingerprint density at radius 3 is 2.09 bits per heavy atom. The van der Waals surface area contributed by atoms with Crippen molar-refractivity contribution in [3.63, 3.8) is 0 Å². The fourth-order valence-electron chi connectivity index (χ4n) is 5.91. The highest BCUT2D eigenvalue weighted by molar-refractivity contribution is 5.98. The highest BCUT2D eigenvalue weighted by Gasteiger charge is 2.28. The number of hydrogen-bond donors (Lipinski definition) is 2. The van der Waals surface area contributed by atoms with E-state index < -0.39 is 5.82 Å². The number of nitrogens with one attached hydrogen (secondary N) is 1. The molecular formula is C32H43F2N5O4. The van der Waals surface area contributed by atoms with Gasteiger partial charge in [-0.25, -0.2) is 4.39 Å². The molecule has 3 amide bonds. The number of carbonyl (C=O) groups excluding carboxylic acids is 3. The summed E-state index contributed by atoms with van der Waals surface area (Å²) in [6.45, 7) is 3.84. The van der Waals surface area contributed by atoms with Crippen LogP contribution in [0.4, 0.5) is 14.6 Å². The Morgan fingerprint density at radius 1 is 0.907 bits per heavy atom. The number of carbonyl (C=O) groups is 3. The van der Waals surface area contributed by atoms with Gasteiger partial charge in [0.25, 0.3) is 11.8 Å². The van der Waals surface area contributed by atoms with Crippen molar-refractivity contribution in [1.82, 2.24) is 15.1 Å². The second-order valence-corrected chi connectivity index (χ2v) is 11.4. The number of rotatable bonds is 7. The Kier molecular flexibility index (Phi) is 11.9. The van der Waals surface area contributed by atoms with Gasteiger partial charge in [-0.05, 0) is 81.1 Å². The maximum Gasteiger partial charge on any atom is 0.254 e. The number of nitrogens with two attached hydrogens (primary N) is 1. The first-order valence-electron chi connectivity index (χ1n) is 15.3. The lowest BCUT2D eigenvalue weighted by Crippen LogP contribution is -2.50. The Bertz CT molecular complexity index is 1250. The molecule has 2 aromatic rings. The predicted molar refractivity (Wildman–Crippen MR) is 161 cm³/mol. The average molecular weight is 600 g/mol. The van der Waals surface area contributed by atoms with Gasteiger partial charge in [0.05, 0.1) is 0 Å². The summed E-state index contributed by atoms with van der Waals surface area (Å²) in [5.41, 5.74) is 7.04. The summed E-state index contributed by atoms with van der Waals surface area (Å²) in [4.78, 5) is 47.2. The van der Waals surface area contributed by atoms with Crippen LogP contribution >= 0.6 is 0 Å². The van der Waals surface area contributed by atoms with Crippen molar-refractivity contribution in [2.24, 2.45) is 5.73 Å². The lowest BCUT2D eigenvalue weighted by molar-refractivity contribution is -0.118. The molecule has 2 aliphatic heterocycles. The zero-order valence-electron chi connectivity index (χ0n) is 25.0. The summed E-state index contributed by atoms with van der Waals surface area (Å²) in [5.74, 6) is -1.14. The Hall–Kier alpha value is -3.57. The van der Waals surface area contributed by atoms with Crippen molar-refractivity contribution in [1.29, 1.82) is 0 Å². The fraction of sp³-hybridized carbons (Fsp3) is 0.531. The van der Waals surface area contributed by atoms with E-state index >= 15 is 0 Å². The number of piperazine rings is 1. The summed E-state index contributed by atoms with van der Waals surface area (Å²) in [5, 5.41) is 3.22. The lowest BCUT2D eigenvalue weighted by Gasteiger charge is -2.35. The molecule has 9 nitrogen and oxygen atoms in total. The normalized spacial score (nSPS) is 17.2. The zero-order chi connectivity index (χ0) is 30.8. The van der Waals surface area contributed by atoms with Gasteiger partial charge in [0.1, 0.15) is 5.82 Å². The fourth-order valence-corrected chi connectivity index (χ4v) is 5.91. The molecule has 43 heavy (non-hydrogen) atoms. The molecule has 2 aromatic carbocycles. The first-order chi connectivity index (χ1) is 20.8. The van der Waals surface area contributed by atoms with Crippen molar-refractivity contribution in [3.05, 3.63) is 58.9 Å². The summed E-state index contributed by atoms with van der Waals surface area (Å²) < 4.78 is 27.5. The lowest BCUT2D eigenvalue weighted by atomic mass is 9.83. The molecule has 1 saturated carbocycles. The first kappa shape index (κ1) is 32.3. The van der Waals surface area contributed by atoms with Crippen LogP contribution in [0.1, 0.15) is 83.6 Å². The molecule has 0 radical (unpaired) electrons. The topological polar surface area (TPSA) is 108 Å². The van der Waals surface area contributed by atoms with Crippen LogP contribution in [0.25, 0.3) is 0 Å². The molecule has 1 aliphatic carbocycles. The number of hydrogen-bond acceptors (Lipinski definition) is 6. The maximum atomic E-state index is 14.3.